The van der Waals surface area contributed by atoms with Gasteiger partial charge in [-0.2, -0.15) is 0 Å². The first-order valence-corrected chi connectivity index (χ1v) is 10.1. The molecule has 0 radical (unpaired) electrons. The third-order valence-corrected chi connectivity index (χ3v) is 4.44. The second-order valence-corrected chi connectivity index (χ2v) is 6.92. The fourth-order valence-corrected chi connectivity index (χ4v) is 2.76. The molecular weight excluding hydrogens is 326 g/mol. The maximum Gasteiger partial charge on any atom is 0.307 e. The quantitative estimate of drug-likeness (QED) is 0.366. The number of benzene rings is 1. The van der Waals surface area contributed by atoms with Gasteiger partial charge in [0.15, 0.2) is 0 Å². The highest BCUT2D eigenvalue weighted by Crippen LogP contribution is 2.09. The third kappa shape index (κ3) is 10.9. The summed E-state index contributed by atoms with van der Waals surface area (Å²) in [5, 5.41) is 2.75. The molecular formula is C22H35NO3. The highest BCUT2D eigenvalue weighted by Gasteiger charge is 2.07. The topological polar surface area (TPSA) is 55.4 Å². The number of nitrogens with one attached hydrogen (secondary N) is 1. The van der Waals surface area contributed by atoms with Crippen molar-refractivity contribution in [2.75, 3.05) is 13.2 Å². The van der Waals surface area contributed by atoms with Crippen molar-refractivity contribution in [3.8, 4) is 0 Å². The van der Waals surface area contributed by atoms with E-state index in [0.717, 1.165) is 18.4 Å². The molecule has 1 aromatic carbocycles. The lowest BCUT2D eigenvalue weighted by Crippen LogP contribution is -2.26. The Kier molecular flexibility index (Phi) is 12.2. The lowest BCUT2D eigenvalue weighted by Gasteiger charge is -2.07. The van der Waals surface area contributed by atoms with Crippen LogP contribution in [0.4, 0.5) is 0 Å². The van der Waals surface area contributed by atoms with E-state index >= 15 is 0 Å². The Morgan fingerprint density at radius 3 is 2.08 bits per heavy atom. The van der Waals surface area contributed by atoms with Crippen molar-refractivity contribution >= 4 is 11.9 Å². The second-order valence-electron chi connectivity index (χ2n) is 6.92. The molecule has 0 aliphatic carbocycles. The van der Waals surface area contributed by atoms with Gasteiger partial charge in [-0.05, 0) is 25.5 Å². The van der Waals surface area contributed by atoms with Crippen LogP contribution in [-0.2, 0) is 9.53 Å². The fraction of sp³-hybridized carbons (Fsp3) is 0.636. The number of rotatable bonds is 14. The number of hydrogen-bond donors (Lipinski definition) is 1. The number of unbranched alkanes of at least 4 members (excludes halogenated alkanes) is 8. The van der Waals surface area contributed by atoms with Gasteiger partial charge >= 0.3 is 5.97 Å². The Morgan fingerprint density at radius 2 is 1.46 bits per heavy atom. The molecule has 146 valence electrons. The van der Waals surface area contributed by atoms with Gasteiger partial charge < -0.3 is 10.1 Å². The molecule has 0 aliphatic heterocycles. The molecule has 4 nitrogen and oxygen atoms in total. The van der Waals surface area contributed by atoms with Crippen LogP contribution in [0.5, 0.6) is 0 Å². The number of ether oxygens (including phenoxy) is 1. The van der Waals surface area contributed by atoms with Crippen molar-refractivity contribution in [3.05, 3.63) is 35.4 Å². The zero-order valence-electron chi connectivity index (χ0n) is 16.5. The predicted octanol–water partition coefficient (Wildman–Crippen LogP) is 5.19. The van der Waals surface area contributed by atoms with Crippen molar-refractivity contribution in [3.63, 3.8) is 0 Å². The SMILES string of the molecule is CCCCCCCCCCCOC(=O)CCNC(=O)c1ccc(C)cc1. The molecule has 0 fully saturated rings. The van der Waals surface area contributed by atoms with E-state index in [0.29, 0.717) is 18.7 Å². The van der Waals surface area contributed by atoms with Gasteiger partial charge in [-0.3, -0.25) is 9.59 Å². The molecule has 0 spiro atoms. The lowest BCUT2D eigenvalue weighted by atomic mass is 10.1. The minimum absolute atomic E-state index is 0.156. The van der Waals surface area contributed by atoms with Crippen molar-refractivity contribution in [1.82, 2.24) is 5.32 Å². The molecule has 0 saturated carbocycles. The monoisotopic (exact) mass is 361 g/mol. The summed E-state index contributed by atoms with van der Waals surface area (Å²) >= 11 is 0. The number of aryl methyl sites for hydroxylation is 1. The van der Waals surface area contributed by atoms with Crippen molar-refractivity contribution in [2.24, 2.45) is 0 Å². The number of esters is 1. The van der Waals surface area contributed by atoms with E-state index in [4.69, 9.17) is 4.74 Å². The van der Waals surface area contributed by atoms with Gasteiger partial charge in [0.25, 0.3) is 5.91 Å². The molecule has 0 saturated heterocycles. The van der Waals surface area contributed by atoms with Crippen LogP contribution in [0.2, 0.25) is 0 Å². The first kappa shape index (κ1) is 22.2. The van der Waals surface area contributed by atoms with Crippen molar-refractivity contribution < 1.29 is 14.3 Å². The predicted molar refractivity (Wildman–Crippen MR) is 106 cm³/mol. The third-order valence-electron chi connectivity index (χ3n) is 4.44. The Hall–Kier alpha value is -1.84. The lowest BCUT2D eigenvalue weighted by molar-refractivity contribution is -0.143. The van der Waals surface area contributed by atoms with Crippen LogP contribution in [0.25, 0.3) is 0 Å². The van der Waals surface area contributed by atoms with E-state index in [1.807, 2.05) is 19.1 Å². The molecule has 0 aromatic heterocycles. The fourth-order valence-electron chi connectivity index (χ4n) is 2.76. The van der Waals surface area contributed by atoms with Gasteiger partial charge in [0, 0.05) is 12.1 Å². The van der Waals surface area contributed by atoms with Crippen LogP contribution in [0.15, 0.2) is 24.3 Å². The van der Waals surface area contributed by atoms with Crippen LogP contribution in [0.3, 0.4) is 0 Å². The van der Waals surface area contributed by atoms with Gasteiger partial charge in [0.05, 0.1) is 13.0 Å². The molecule has 0 aliphatic rings. The van der Waals surface area contributed by atoms with Gasteiger partial charge in [0.2, 0.25) is 0 Å². The van der Waals surface area contributed by atoms with E-state index in [1.165, 1.54) is 44.9 Å². The molecule has 1 N–H and O–H groups in total. The standard InChI is InChI=1S/C22H35NO3/c1-3-4-5-6-7-8-9-10-11-18-26-21(24)16-17-23-22(25)20-14-12-19(2)13-15-20/h12-15H,3-11,16-18H2,1-2H3,(H,23,25). The summed E-state index contributed by atoms with van der Waals surface area (Å²) in [5.41, 5.74) is 1.72. The van der Waals surface area contributed by atoms with Gasteiger partial charge in [0.1, 0.15) is 0 Å². The van der Waals surface area contributed by atoms with Gasteiger partial charge in [-0.25, -0.2) is 0 Å². The molecule has 0 atom stereocenters. The second kappa shape index (κ2) is 14.3. The largest absolute Gasteiger partial charge is 0.466 e. The molecule has 0 unspecified atom stereocenters. The summed E-state index contributed by atoms with van der Waals surface area (Å²) in [4.78, 5) is 23.6. The summed E-state index contributed by atoms with van der Waals surface area (Å²) in [5.74, 6) is -0.398. The summed E-state index contributed by atoms with van der Waals surface area (Å²) in [6.45, 7) is 5.01. The maximum atomic E-state index is 11.9. The van der Waals surface area contributed by atoms with E-state index in [9.17, 15) is 9.59 Å². The molecule has 0 bridgehead atoms. The van der Waals surface area contributed by atoms with E-state index in [-0.39, 0.29) is 18.3 Å². The van der Waals surface area contributed by atoms with Crippen LogP contribution in [-0.4, -0.2) is 25.0 Å². The normalized spacial score (nSPS) is 10.5. The van der Waals surface area contributed by atoms with E-state index in [2.05, 4.69) is 12.2 Å². The summed E-state index contributed by atoms with van der Waals surface area (Å²) in [6, 6.07) is 7.36. The summed E-state index contributed by atoms with van der Waals surface area (Å²) < 4.78 is 5.21. The zero-order valence-corrected chi connectivity index (χ0v) is 16.5. The van der Waals surface area contributed by atoms with Crippen LogP contribution >= 0.6 is 0 Å². The number of carbonyl (C=O) groups excluding carboxylic acids is 2. The average Bonchev–Trinajstić information content (AvgIpc) is 2.63. The molecule has 4 heteroatoms. The zero-order chi connectivity index (χ0) is 19.0. The van der Waals surface area contributed by atoms with Crippen LogP contribution < -0.4 is 5.32 Å². The number of hydrogen-bond acceptors (Lipinski definition) is 3. The minimum atomic E-state index is -0.242. The summed E-state index contributed by atoms with van der Waals surface area (Å²) in [6.07, 6.45) is 11.4. The van der Waals surface area contributed by atoms with Crippen molar-refractivity contribution in [1.29, 1.82) is 0 Å². The Bertz CT molecular complexity index is 511. The summed E-state index contributed by atoms with van der Waals surface area (Å²) in [7, 11) is 0. The van der Waals surface area contributed by atoms with Gasteiger partial charge in [-0.15, -0.1) is 0 Å². The highest BCUT2D eigenvalue weighted by molar-refractivity contribution is 5.94. The highest BCUT2D eigenvalue weighted by atomic mass is 16.5. The van der Waals surface area contributed by atoms with E-state index < -0.39 is 0 Å². The smallest absolute Gasteiger partial charge is 0.307 e. The molecule has 0 heterocycles. The molecule has 1 rings (SSSR count). The first-order valence-electron chi connectivity index (χ1n) is 10.1. The Morgan fingerprint density at radius 1 is 0.885 bits per heavy atom. The van der Waals surface area contributed by atoms with Crippen LogP contribution in [0, 0.1) is 6.92 Å². The molecule has 1 aromatic rings. The number of amides is 1. The Labute approximate surface area is 158 Å². The average molecular weight is 362 g/mol. The Balaban J connectivity index is 1.95. The van der Waals surface area contributed by atoms with Gasteiger partial charge in [-0.1, -0.05) is 76.0 Å². The first-order chi connectivity index (χ1) is 12.6. The minimum Gasteiger partial charge on any atom is -0.466 e. The molecule has 1 amide bonds. The molecule has 26 heavy (non-hydrogen) atoms. The van der Waals surface area contributed by atoms with Crippen molar-refractivity contribution in [2.45, 2.75) is 78.1 Å². The number of carbonyl (C=O) groups is 2. The van der Waals surface area contributed by atoms with E-state index in [1.54, 1.807) is 12.1 Å². The van der Waals surface area contributed by atoms with Crippen LogP contribution in [0.1, 0.15) is 87.1 Å². The maximum absolute atomic E-state index is 11.9.